The molecular weight excluding hydrogens is 494 g/mol. The van der Waals surface area contributed by atoms with Gasteiger partial charge in [-0.25, -0.2) is 4.68 Å². The number of amides is 2. The minimum atomic E-state index is -0.875. The number of hydrogen-bond acceptors (Lipinski definition) is 6. The van der Waals surface area contributed by atoms with Crippen LogP contribution < -0.4 is 10.1 Å². The van der Waals surface area contributed by atoms with Crippen molar-refractivity contribution < 1.29 is 19.1 Å². The van der Waals surface area contributed by atoms with Gasteiger partial charge in [0.15, 0.2) is 0 Å². The van der Waals surface area contributed by atoms with Gasteiger partial charge in [-0.15, -0.1) is 5.10 Å². The SMILES string of the molecule is COc1ccccc1CN(C(=O)Cn1nnc2ccccc21)[C@@H](C(=O)NC[C@@H]1CCCO1)c1ccccc1C. The van der Waals surface area contributed by atoms with Crippen molar-refractivity contribution in [3.8, 4) is 5.75 Å². The molecule has 39 heavy (non-hydrogen) atoms. The first-order valence-electron chi connectivity index (χ1n) is 13.2. The van der Waals surface area contributed by atoms with E-state index in [9.17, 15) is 9.59 Å². The Kier molecular flexibility index (Phi) is 8.17. The first-order valence-corrected chi connectivity index (χ1v) is 13.2. The summed E-state index contributed by atoms with van der Waals surface area (Å²) in [7, 11) is 1.60. The fraction of sp³-hybridized carbons (Fsp3) is 0.333. The molecular formula is C30H33N5O4. The summed E-state index contributed by atoms with van der Waals surface area (Å²) in [5, 5.41) is 11.5. The Balaban J connectivity index is 1.53. The predicted molar refractivity (Wildman–Crippen MR) is 147 cm³/mol. The highest BCUT2D eigenvalue weighted by molar-refractivity contribution is 5.89. The zero-order valence-electron chi connectivity index (χ0n) is 22.2. The maximum Gasteiger partial charge on any atom is 0.247 e. The highest BCUT2D eigenvalue weighted by atomic mass is 16.5. The molecule has 9 heteroatoms. The van der Waals surface area contributed by atoms with Crippen LogP contribution in [0.2, 0.25) is 0 Å². The summed E-state index contributed by atoms with van der Waals surface area (Å²) >= 11 is 0. The molecule has 1 N–H and O–H groups in total. The largest absolute Gasteiger partial charge is 0.496 e. The van der Waals surface area contributed by atoms with Crippen LogP contribution in [0.4, 0.5) is 0 Å². The Morgan fingerprint density at radius 1 is 1.10 bits per heavy atom. The van der Waals surface area contributed by atoms with Gasteiger partial charge in [-0.3, -0.25) is 9.59 Å². The molecule has 0 unspecified atom stereocenters. The maximum absolute atomic E-state index is 14.1. The lowest BCUT2D eigenvalue weighted by Crippen LogP contribution is -2.46. The number of fused-ring (bicyclic) bond motifs is 1. The zero-order valence-corrected chi connectivity index (χ0v) is 22.2. The molecule has 2 atom stereocenters. The second-order valence-corrected chi connectivity index (χ2v) is 9.71. The van der Waals surface area contributed by atoms with Gasteiger partial charge in [0.05, 0.1) is 25.3 Å². The number of methoxy groups -OCH3 is 1. The van der Waals surface area contributed by atoms with Gasteiger partial charge in [-0.1, -0.05) is 59.8 Å². The van der Waals surface area contributed by atoms with E-state index < -0.39 is 6.04 Å². The quantitative estimate of drug-likeness (QED) is 0.337. The van der Waals surface area contributed by atoms with Crippen molar-refractivity contribution in [3.05, 3.63) is 89.5 Å². The van der Waals surface area contributed by atoms with Crippen molar-refractivity contribution in [2.45, 2.75) is 45.0 Å². The van der Waals surface area contributed by atoms with Crippen molar-refractivity contribution in [3.63, 3.8) is 0 Å². The van der Waals surface area contributed by atoms with Crippen molar-refractivity contribution in [2.24, 2.45) is 0 Å². The van der Waals surface area contributed by atoms with E-state index in [0.29, 0.717) is 24.4 Å². The number of ether oxygens (including phenoxy) is 2. The number of nitrogens with one attached hydrogen (secondary N) is 1. The lowest BCUT2D eigenvalue weighted by atomic mass is 9.98. The maximum atomic E-state index is 14.1. The summed E-state index contributed by atoms with van der Waals surface area (Å²) in [6.07, 6.45) is 1.86. The molecule has 2 amide bonds. The van der Waals surface area contributed by atoms with Crippen LogP contribution in [0.15, 0.2) is 72.8 Å². The highest BCUT2D eigenvalue weighted by Crippen LogP contribution is 2.29. The summed E-state index contributed by atoms with van der Waals surface area (Å²) in [6, 6.07) is 21.8. The smallest absolute Gasteiger partial charge is 0.247 e. The standard InChI is InChI=1S/C30H33N5O4/c1-21-10-3-5-13-24(21)29(30(37)31-18-23-12-9-17-39-23)34(19-22-11-4-8-16-27(22)38-2)28(36)20-35-26-15-7-6-14-25(26)32-33-35/h3-8,10-11,13-16,23,29H,9,12,17-20H2,1-2H3,(H,31,37)/t23-,29+/m0/s1. The van der Waals surface area contributed by atoms with Crippen molar-refractivity contribution >= 4 is 22.8 Å². The minimum Gasteiger partial charge on any atom is -0.496 e. The van der Waals surface area contributed by atoms with Crippen molar-refractivity contribution in [2.75, 3.05) is 20.3 Å². The van der Waals surface area contributed by atoms with Gasteiger partial charge in [-0.05, 0) is 49.1 Å². The normalized spacial score (nSPS) is 15.7. The summed E-state index contributed by atoms with van der Waals surface area (Å²) in [6.45, 7) is 3.14. The predicted octanol–water partition coefficient (Wildman–Crippen LogP) is 3.81. The van der Waals surface area contributed by atoms with Gasteiger partial charge in [0.2, 0.25) is 11.8 Å². The Labute approximate surface area is 227 Å². The zero-order chi connectivity index (χ0) is 27.2. The topological polar surface area (TPSA) is 98.6 Å². The van der Waals surface area contributed by atoms with Gasteiger partial charge in [-0.2, -0.15) is 0 Å². The third-order valence-corrected chi connectivity index (χ3v) is 7.13. The second-order valence-electron chi connectivity index (χ2n) is 9.71. The first-order chi connectivity index (χ1) is 19.0. The van der Waals surface area contributed by atoms with E-state index in [1.807, 2.05) is 79.7 Å². The molecule has 0 spiro atoms. The fourth-order valence-electron chi connectivity index (χ4n) is 5.05. The molecule has 1 aromatic heterocycles. The van der Waals surface area contributed by atoms with Crippen LogP contribution in [0.3, 0.4) is 0 Å². The van der Waals surface area contributed by atoms with Crippen LogP contribution >= 0.6 is 0 Å². The van der Waals surface area contributed by atoms with Gasteiger partial charge in [0.25, 0.3) is 0 Å². The van der Waals surface area contributed by atoms with E-state index in [4.69, 9.17) is 9.47 Å². The van der Waals surface area contributed by atoms with Crippen LogP contribution in [-0.4, -0.2) is 58.1 Å². The molecule has 1 fully saturated rings. The van der Waals surface area contributed by atoms with E-state index in [0.717, 1.165) is 35.0 Å². The Morgan fingerprint density at radius 2 is 1.87 bits per heavy atom. The van der Waals surface area contributed by atoms with Crippen LogP contribution in [0.25, 0.3) is 11.0 Å². The van der Waals surface area contributed by atoms with Gasteiger partial charge in [0.1, 0.15) is 23.9 Å². The second kappa shape index (κ2) is 12.1. The summed E-state index contributed by atoms with van der Waals surface area (Å²) in [5.41, 5.74) is 3.92. The molecule has 4 aromatic rings. The van der Waals surface area contributed by atoms with E-state index in [2.05, 4.69) is 15.6 Å². The van der Waals surface area contributed by atoms with E-state index >= 15 is 0 Å². The number of nitrogens with zero attached hydrogens (tertiary/aromatic N) is 4. The molecule has 3 aromatic carbocycles. The lowest BCUT2D eigenvalue weighted by Gasteiger charge is -2.33. The Bertz CT molecular complexity index is 1450. The molecule has 2 heterocycles. The molecule has 1 saturated heterocycles. The first kappa shape index (κ1) is 26.4. The van der Waals surface area contributed by atoms with E-state index in [-0.39, 0.29) is 31.0 Å². The number of para-hydroxylation sites is 2. The van der Waals surface area contributed by atoms with Crippen LogP contribution in [0, 0.1) is 6.92 Å². The fourth-order valence-corrected chi connectivity index (χ4v) is 5.05. The molecule has 9 nitrogen and oxygen atoms in total. The number of rotatable bonds is 10. The molecule has 0 radical (unpaired) electrons. The van der Waals surface area contributed by atoms with E-state index in [1.165, 1.54) is 0 Å². The number of benzene rings is 3. The average Bonchev–Trinajstić information content (AvgIpc) is 3.63. The third-order valence-electron chi connectivity index (χ3n) is 7.13. The van der Waals surface area contributed by atoms with Crippen LogP contribution in [0.1, 0.15) is 35.6 Å². The average molecular weight is 528 g/mol. The Morgan fingerprint density at radius 3 is 2.67 bits per heavy atom. The number of aryl methyl sites for hydroxylation is 1. The molecule has 202 valence electrons. The third kappa shape index (κ3) is 5.93. The van der Waals surface area contributed by atoms with Gasteiger partial charge in [0, 0.05) is 18.7 Å². The summed E-state index contributed by atoms with van der Waals surface area (Å²) in [4.78, 5) is 29.7. The molecule has 0 aliphatic carbocycles. The Hall–Kier alpha value is -4.24. The number of aromatic nitrogens is 3. The lowest BCUT2D eigenvalue weighted by molar-refractivity contribution is -0.142. The summed E-state index contributed by atoms with van der Waals surface area (Å²) in [5.74, 6) is 0.119. The van der Waals surface area contributed by atoms with Gasteiger partial charge < -0.3 is 19.7 Å². The number of carbonyl (C=O) groups is 2. The van der Waals surface area contributed by atoms with Crippen molar-refractivity contribution in [1.29, 1.82) is 0 Å². The van der Waals surface area contributed by atoms with Crippen molar-refractivity contribution in [1.82, 2.24) is 25.2 Å². The minimum absolute atomic E-state index is 0.0219. The molecule has 0 saturated carbocycles. The molecule has 1 aliphatic rings. The summed E-state index contributed by atoms with van der Waals surface area (Å²) < 4.78 is 12.9. The molecule has 1 aliphatic heterocycles. The number of hydrogen-bond donors (Lipinski definition) is 1. The number of carbonyl (C=O) groups excluding carboxylic acids is 2. The van der Waals surface area contributed by atoms with E-state index in [1.54, 1.807) is 16.7 Å². The molecule has 5 rings (SSSR count). The van der Waals surface area contributed by atoms with Crippen LogP contribution in [-0.2, 0) is 27.4 Å². The molecule has 0 bridgehead atoms. The van der Waals surface area contributed by atoms with Gasteiger partial charge >= 0.3 is 0 Å². The monoisotopic (exact) mass is 527 g/mol. The highest BCUT2D eigenvalue weighted by Gasteiger charge is 2.34. The van der Waals surface area contributed by atoms with Crippen LogP contribution in [0.5, 0.6) is 5.75 Å².